The van der Waals surface area contributed by atoms with Crippen molar-refractivity contribution in [2.75, 3.05) is 5.73 Å². The molecule has 0 aliphatic carbocycles. The van der Waals surface area contributed by atoms with Crippen LogP contribution >= 0.6 is 0 Å². The summed E-state index contributed by atoms with van der Waals surface area (Å²) in [5, 5.41) is 8.93. The van der Waals surface area contributed by atoms with Gasteiger partial charge in [-0.1, -0.05) is 6.92 Å². The molecule has 4 N–H and O–H groups in total. The van der Waals surface area contributed by atoms with Crippen molar-refractivity contribution in [3.05, 3.63) is 46.1 Å². The standard InChI is InChI=1S/C9H11N3O.C3H5N3/c1-3-7-6(2)11-8-4-5-10-12(8)9(7)13;4-3-1-2-5-6-3/h4-5,10H,3H2,1-2H3;1-2H,(H3,4,5,6). The second kappa shape index (κ2) is 5.38. The Balaban J connectivity index is 0.000000186. The van der Waals surface area contributed by atoms with E-state index in [-0.39, 0.29) is 5.56 Å². The van der Waals surface area contributed by atoms with Crippen LogP contribution in [0.25, 0.3) is 5.65 Å². The van der Waals surface area contributed by atoms with E-state index in [0.717, 1.165) is 17.7 Å². The van der Waals surface area contributed by atoms with Crippen molar-refractivity contribution >= 4 is 11.5 Å². The van der Waals surface area contributed by atoms with Crippen LogP contribution in [-0.4, -0.2) is 24.8 Å². The highest BCUT2D eigenvalue weighted by atomic mass is 16.1. The lowest BCUT2D eigenvalue weighted by atomic mass is 10.2. The number of aryl methyl sites for hydroxylation is 1. The van der Waals surface area contributed by atoms with Crippen molar-refractivity contribution in [1.29, 1.82) is 0 Å². The molecule has 0 amide bonds. The Morgan fingerprint density at radius 2 is 2.21 bits per heavy atom. The van der Waals surface area contributed by atoms with Crippen LogP contribution in [0.15, 0.2) is 29.3 Å². The van der Waals surface area contributed by atoms with Gasteiger partial charge in [0.1, 0.15) is 5.82 Å². The molecule has 3 rings (SSSR count). The number of nitrogens with zero attached hydrogens (tertiary/aromatic N) is 3. The number of hydrogen-bond acceptors (Lipinski definition) is 4. The fourth-order valence-electron chi connectivity index (χ4n) is 1.78. The van der Waals surface area contributed by atoms with Crippen LogP contribution in [0.4, 0.5) is 5.82 Å². The first-order chi connectivity index (χ1) is 9.13. The predicted octanol–water partition coefficient (Wildman–Crippen LogP) is 0.885. The Morgan fingerprint density at radius 3 is 2.74 bits per heavy atom. The summed E-state index contributed by atoms with van der Waals surface area (Å²) in [7, 11) is 0. The third kappa shape index (κ3) is 2.65. The maximum Gasteiger partial charge on any atom is 0.276 e. The van der Waals surface area contributed by atoms with E-state index in [2.05, 4.69) is 20.3 Å². The number of anilines is 1. The number of nitrogen functional groups attached to an aromatic ring is 1. The van der Waals surface area contributed by atoms with E-state index in [9.17, 15) is 4.79 Å². The number of fused-ring (bicyclic) bond motifs is 1. The van der Waals surface area contributed by atoms with Crippen molar-refractivity contribution in [3.8, 4) is 0 Å². The molecule has 0 aromatic carbocycles. The molecule has 0 unspecified atom stereocenters. The largest absolute Gasteiger partial charge is 0.384 e. The molecule has 0 bridgehead atoms. The number of nitrogens with two attached hydrogens (primary N) is 1. The quantitative estimate of drug-likeness (QED) is 0.604. The van der Waals surface area contributed by atoms with Gasteiger partial charge in [0.25, 0.3) is 5.56 Å². The summed E-state index contributed by atoms with van der Waals surface area (Å²) in [5.74, 6) is 0.606. The van der Waals surface area contributed by atoms with Crippen LogP contribution in [0, 0.1) is 6.92 Å². The van der Waals surface area contributed by atoms with Crippen molar-refractivity contribution in [3.63, 3.8) is 0 Å². The maximum absolute atomic E-state index is 11.7. The van der Waals surface area contributed by atoms with Crippen molar-refractivity contribution in [2.24, 2.45) is 0 Å². The minimum Gasteiger partial charge on any atom is -0.384 e. The minimum absolute atomic E-state index is 0.00926. The number of aromatic amines is 2. The molecule has 0 spiro atoms. The van der Waals surface area contributed by atoms with Gasteiger partial charge in [0.15, 0.2) is 5.65 Å². The fraction of sp³-hybridized carbons (Fsp3) is 0.250. The lowest BCUT2D eigenvalue weighted by molar-refractivity contribution is 0.853. The van der Waals surface area contributed by atoms with Crippen LogP contribution in [0.2, 0.25) is 0 Å². The Bertz CT molecular complexity index is 709. The molecule has 7 nitrogen and oxygen atoms in total. The molecule has 100 valence electrons. The molecule has 0 saturated heterocycles. The first kappa shape index (κ1) is 12.9. The zero-order chi connectivity index (χ0) is 13.8. The van der Waals surface area contributed by atoms with Crippen molar-refractivity contribution < 1.29 is 0 Å². The lowest BCUT2D eigenvalue weighted by Crippen LogP contribution is -2.21. The summed E-state index contributed by atoms with van der Waals surface area (Å²) in [6, 6.07) is 3.48. The molecular formula is C12H16N6O. The van der Waals surface area contributed by atoms with Gasteiger partial charge in [-0.25, -0.2) is 9.50 Å². The van der Waals surface area contributed by atoms with Crippen LogP contribution < -0.4 is 11.3 Å². The van der Waals surface area contributed by atoms with Gasteiger partial charge in [-0.2, -0.15) is 5.10 Å². The Morgan fingerprint density at radius 1 is 1.42 bits per heavy atom. The predicted molar refractivity (Wildman–Crippen MR) is 72.9 cm³/mol. The zero-order valence-electron chi connectivity index (χ0n) is 10.8. The fourth-order valence-corrected chi connectivity index (χ4v) is 1.78. The Kier molecular flexibility index (Phi) is 3.65. The number of nitrogens with one attached hydrogen (secondary N) is 2. The summed E-state index contributed by atoms with van der Waals surface area (Å²) < 4.78 is 1.46. The van der Waals surface area contributed by atoms with Crippen LogP contribution in [0.1, 0.15) is 18.2 Å². The second-order valence-electron chi connectivity index (χ2n) is 4.00. The van der Waals surface area contributed by atoms with Gasteiger partial charge in [-0.05, 0) is 19.4 Å². The summed E-state index contributed by atoms with van der Waals surface area (Å²) in [6.45, 7) is 3.83. The number of hydrogen-bond donors (Lipinski definition) is 3. The summed E-state index contributed by atoms with van der Waals surface area (Å²) in [4.78, 5) is 16.0. The molecule has 0 saturated carbocycles. The van der Waals surface area contributed by atoms with E-state index < -0.39 is 0 Å². The summed E-state index contributed by atoms with van der Waals surface area (Å²) in [6.07, 6.45) is 4.04. The highest BCUT2D eigenvalue weighted by molar-refractivity contribution is 5.38. The topological polar surface area (TPSA) is 105 Å². The van der Waals surface area contributed by atoms with E-state index in [0.29, 0.717) is 11.5 Å². The lowest BCUT2D eigenvalue weighted by Gasteiger charge is -2.01. The maximum atomic E-state index is 11.7. The minimum atomic E-state index is 0.00926. The summed E-state index contributed by atoms with van der Waals surface area (Å²) in [5.41, 5.74) is 7.45. The van der Waals surface area contributed by atoms with E-state index in [1.807, 2.05) is 13.8 Å². The van der Waals surface area contributed by atoms with Gasteiger partial charge in [-0.15, -0.1) is 0 Å². The van der Waals surface area contributed by atoms with E-state index in [4.69, 9.17) is 5.73 Å². The van der Waals surface area contributed by atoms with Crippen LogP contribution in [0.3, 0.4) is 0 Å². The highest BCUT2D eigenvalue weighted by Gasteiger charge is 2.07. The van der Waals surface area contributed by atoms with Gasteiger partial charge < -0.3 is 5.73 Å². The van der Waals surface area contributed by atoms with Gasteiger partial charge >= 0.3 is 0 Å². The van der Waals surface area contributed by atoms with Crippen LogP contribution in [-0.2, 0) is 6.42 Å². The molecule has 3 aromatic heterocycles. The highest BCUT2D eigenvalue weighted by Crippen LogP contribution is 2.02. The molecule has 3 aromatic rings. The average molecular weight is 260 g/mol. The summed E-state index contributed by atoms with van der Waals surface area (Å²) >= 11 is 0. The van der Waals surface area contributed by atoms with E-state index in [1.54, 1.807) is 24.5 Å². The molecular weight excluding hydrogens is 244 g/mol. The zero-order valence-corrected chi connectivity index (χ0v) is 10.8. The van der Waals surface area contributed by atoms with E-state index >= 15 is 0 Å². The second-order valence-corrected chi connectivity index (χ2v) is 4.00. The SMILES string of the molecule is CCc1c(C)nc2cc[nH]n2c1=O.Nc1ccn[nH]1. The van der Waals surface area contributed by atoms with Crippen molar-refractivity contribution in [2.45, 2.75) is 20.3 Å². The third-order valence-electron chi connectivity index (χ3n) is 2.72. The molecule has 3 heterocycles. The normalized spacial score (nSPS) is 10.2. The smallest absolute Gasteiger partial charge is 0.276 e. The number of aromatic nitrogens is 5. The Hall–Kier alpha value is -2.57. The number of rotatable bonds is 1. The molecule has 0 aliphatic heterocycles. The molecule has 0 atom stereocenters. The van der Waals surface area contributed by atoms with Crippen molar-refractivity contribution in [1.82, 2.24) is 24.8 Å². The van der Waals surface area contributed by atoms with Gasteiger partial charge in [0.05, 0.1) is 6.20 Å². The molecule has 19 heavy (non-hydrogen) atoms. The van der Waals surface area contributed by atoms with E-state index in [1.165, 1.54) is 4.52 Å². The first-order valence-corrected chi connectivity index (χ1v) is 5.94. The molecule has 0 fully saturated rings. The first-order valence-electron chi connectivity index (χ1n) is 5.94. The monoisotopic (exact) mass is 260 g/mol. The van der Waals surface area contributed by atoms with Gasteiger partial charge in [0.2, 0.25) is 0 Å². The third-order valence-corrected chi connectivity index (χ3v) is 2.72. The average Bonchev–Trinajstić information content (AvgIpc) is 3.01. The number of H-pyrrole nitrogens is 2. The Labute approximate surface area is 109 Å². The van der Waals surface area contributed by atoms with Crippen LogP contribution in [0.5, 0.6) is 0 Å². The molecule has 0 aliphatic rings. The van der Waals surface area contributed by atoms with Gasteiger partial charge in [0, 0.05) is 23.5 Å². The molecule has 7 heteroatoms. The molecule has 0 radical (unpaired) electrons. The van der Waals surface area contributed by atoms with Gasteiger partial charge in [-0.3, -0.25) is 15.0 Å².